The maximum atomic E-state index is 11.8. The number of benzene rings is 1. The number of hydrogen-bond donors (Lipinski definition) is 1. The van der Waals surface area contributed by atoms with Crippen LogP contribution in [-0.2, 0) is 30.4 Å². The Labute approximate surface area is 139 Å². The van der Waals surface area contributed by atoms with Crippen molar-refractivity contribution in [3.63, 3.8) is 0 Å². The largest absolute Gasteiger partial charge is 0.508 e. The lowest BCUT2D eigenvalue weighted by Gasteiger charge is -2.39. The second-order valence-electron chi connectivity index (χ2n) is 5.38. The molecule has 7 heteroatoms. The van der Waals surface area contributed by atoms with Crippen molar-refractivity contribution in [2.45, 2.75) is 25.7 Å². The summed E-state index contributed by atoms with van der Waals surface area (Å²) in [5.41, 5.74) is 0.927. The van der Waals surface area contributed by atoms with Crippen LogP contribution in [0.1, 0.15) is 12.5 Å². The minimum absolute atomic E-state index is 0.0710. The number of carbonyl (C=O) groups is 3. The van der Waals surface area contributed by atoms with E-state index in [4.69, 9.17) is 9.47 Å². The first kappa shape index (κ1) is 17.5. The van der Waals surface area contributed by atoms with Crippen LogP contribution in [0.15, 0.2) is 42.5 Å². The molecule has 7 nitrogen and oxygen atoms in total. The van der Waals surface area contributed by atoms with Crippen LogP contribution in [0, 0.1) is 5.92 Å². The molecule has 0 saturated carbocycles. The van der Waals surface area contributed by atoms with Gasteiger partial charge in [0.05, 0.1) is 24.6 Å². The number of nitrogens with one attached hydrogen (secondary N) is 1. The lowest BCUT2D eigenvalue weighted by atomic mass is 9.82. The molecule has 1 aliphatic rings. The van der Waals surface area contributed by atoms with Gasteiger partial charge in [0.15, 0.2) is 0 Å². The molecule has 0 bridgehead atoms. The van der Waals surface area contributed by atoms with Gasteiger partial charge in [0.1, 0.15) is 12.7 Å². The fourth-order valence-corrected chi connectivity index (χ4v) is 2.42. The van der Waals surface area contributed by atoms with Gasteiger partial charge in [0.2, 0.25) is 5.91 Å². The highest BCUT2D eigenvalue weighted by atomic mass is 16.7. The summed E-state index contributed by atoms with van der Waals surface area (Å²) in [5, 5.41) is 2.55. The zero-order valence-corrected chi connectivity index (χ0v) is 13.5. The van der Waals surface area contributed by atoms with Crippen LogP contribution in [-0.4, -0.2) is 37.3 Å². The summed E-state index contributed by atoms with van der Waals surface area (Å²) in [6.45, 7) is 5.24. The first-order valence-electron chi connectivity index (χ1n) is 7.39. The molecule has 1 unspecified atom stereocenters. The number of esters is 1. The van der Waals surface area contributed by atoms with Crippen molar-refractivity contribution in [2.75, 3.05) is 7.11 Å². The second-order valence-corrected chi connectivity index (χ2v) is 5.38. The van der Waals surface area contributed by atoms with Gasteiger partial charge < -0.3 is 19.5 Å². The molecule has 1 heterocycles. The summed E-state index contributed by atoms with van der Waals surface area (Å²) in [5.74, 6) is -1.65. The Kier molecular flexibility index (Phi) is 5.57. The van der Waals surface area contributed by atoms with Gasteiger partial charge in [-0.05, 0) is 12.5 Å². The van der Waals surface area contributed by atoms with Crippen molar-refractivity contribution in [1.82, 2.24) is 5.32 Å². The highest BCUT2D eigenvalue weighted by Crippen LogP contribution is 2.27. The Hall–Kier alpha value is -2.83. The number of ether oxygens (including phenoxy) is 3. The van der Waals surface area contributed by atoms with Gasteiger partial charge in [-0.2, -0.15) is 0 Å². The van der Waals surface area contributed by atoms with E-state index in [0.29, 0.717) is 0 Å². The fourth-order valence-electron chi connectivity index (χ4n) is 2.42. The van der Waals surface area contributed by atoms with Gasteiger partial charge in [-0.15, -0.1) is 0 Å². The Bertz CT molecular complexity index is 642. The van der Waals surface area contributed by atoms with Gasteiger partial charge in [0, 0.05) is 0 Å². The summed E-state index contributed by atoms with van der Waals surface area (Å²) in [6.07, 6.45) is -1.65. The normalized spacial score (nSPS) is 20.2. The number of β-lactam (4-membered cyclic amide) rings is 1. The number of rotatable bonds is 6. The Morgan fingerprint density at radius 2 is 1.96 bits per heavy atom. The van der Waals surface area contributed by atoms with E-state index in [2.05, 4.69) is 16.6 Å². The monoisotopic (exact) mass is 333 g/mol. The lowest BCUT2D eigenvalue weighted by molar-refractivity contribution is -0.143. The zero-order valence-electron chi connectivity index (χ0n) is 13.5. The standard InChI is InChI=1S/C17H19NO6/c1-10(16(20)22-3)14-13(15(19)18-14)11(2)24-17(21)23-9-12-7-5-4-6-8-12/h4-8,11,13-14H,1,9H2,2-3H3,(H,18,19)/t11?,13-,14-/m1/s1. The first-order valence-corrected chi connectivity index (χ1v) is 7.39. The van der Waals surface area contributed by atoms with Gasteiger partial charge in [0.25, 0.3) is 0 Å². The topological polar surface area (TPSA) is 90.9 Å². The molecule has 1 aliphatic heterocycles. The molecular formula is C17H19NO6. The first-order chi connectivity index (χ1) is 11.4. The highest BCUT2D eigenvalue weighted by molar-refractivity contribution is 5.96. The van der Waals surface area contributed by atoms with E-state index in [1.54, 1.807) is 6.92 Å². The van der Waals surface area contributed by atoms with E-state index < -0.39 is 30.2 Å². The second kappa shape index (κ2) is 7.63. The van der Waals surface area contributed by atoms with Crippen molar-refractivity contribution >= 4 is 18.0 Å². The quantitative estimate of drug-likeness (QED) is 0.483. The number of amides is 1. The van der Waals surface area contributed by atoms with Crippen molar-refractivity contribution in [2.24, 2.45) is 5.92 Å². The molecule has 128 valence electrons. The van der Waals surface area contributed by atoms with E-state index in [0.717, 1.165) is 5.56 Å². The summed E-state index contributed by atoms with van der Waals surface area (Å²) >= 11 is 0. The zero-order chi connectivity index (χ0) is 17.7. The molecule has 1 fully saturated rings. The van der Waals surface area contributed by atoms with Gasteiger partial charge in [-0.1, -0.05) is 36.9 Å². The Balaban J connectivity index is 1.87. The van der Waals surface area contributed by atoms with E-state index in [9.17, 15) is 14.4 Å². The van der Waals surface area contributed by atoms with Crippen LogP contribution in [0.25, 0.3) is 0 Å². The predicted molar refractivity (Wildman–Crippen MR) is 83.8 cm³/mol. The Morgan fingerprint density at radius 3 is 2.54 bits per heavy atom. The molecule has 0 aliphatic carbocycles. The molecule has 1 aromatic rings. The average molecular weight is 333 g/mol. The number of hydrogen-bond acceptors (Lipinski definition) is 6. The van der Waals surface area contributed by atoms with E-state index >= 15 is 0 Å². The third-order valence-electron chi connectivity index (χ3n) is 3.77. The molecule has 0 spiro atoms. The van der Waals surface area contributed by atoms with Gasteiger partial charge in [-0.25, -0.2) is 9.59 Å². The lowest BCUT2D eigenvalue weighted by Crippen LogP contribution is -2.63. The molecule has 0 aromatic heterocycles. The molecule has 1 N–H and O–H groups in total. The number of carbonyl (C=O) groups excluding carboxylic acids is 3. The van der Waals surface area contributed by atoms with Crippen molar-refractivity contribution in [3.8, 4) is 0 Å². The van der Waals surface area contributed by atoms with Crippen LogP contribution in [0.5, 0.6) is 0 Å². The van der Waals surface area contributed by atoms with Crippen LogP contribution >= 0.6 is 0 Å². The summed E-state index contributed by atoms with van der Waals surface area (Å²) in [7, 11) is 1.23. The van der Waals surface area contributed by atoms with E-state index in [-0.39, 0.29) is 18.1 Å². The molecule has 1 saturated heterocycles. The fraction of sp³-hybridized carbons (Fsp3) is 0.353. The van der Waals surface area contributed by atoms with Gasteiger partial charge in [-0.3, -0.25) is 4.79 Å². The molecule has 0 radical (unpaired) electrons. The smallest absolute Gasteiger partial charge is 0.466 e. The minimum Gasteiger partial charge on any atom is -0.466 e. The predicted octanol–water partition coefficient (Wildman–Crippen LogP) is 1.57. The van der Waals surface area contributed by atoms with E-state index in [1.807, 2.05) is 30.3 Å². The van der Waals surface area contributed by atoms with E-state index in [1.165, 1.54) is 7.11 Å². The summed E-state index contributed by atoms with van der Waals surface area (Å²) in [6, 6.07) is 8.51. The van der Waals surface area contributed by atoms with Crippen LogP contribution in [0.4, 0.5) is 4.79 Å². The molecule has 1 amide bonds. The number of methoxy groups -OCH3 is 1. The third kappa shape index (κ3) is 3.92. The van der Waals surface area contributed by atoms with Crippen LogP contribution in [0.2, 0.25) is 0 Å². The molecule has 2 rings (SSSR count). The summed E-state index contributed by atoms with van der Waals surface area (Å²) < 4.78 is 14.7. The maximum Gasteiger partial charge on any atom is 0.508 e. The highest BCUT2D eigenvalue weighted by Gasteiger charge is 2.47. The summed E-state index contributed by atoms with van der Waals surface area (Å²) in [4.78, 5) is 35.0. The average Bonchev–Trinajstić information content (AvgIpc) is 2.57. The molecule has 24 heavy (non-hydrogen) atoms. The van der Waals surface area contributed by atoms with Crippen molar-refractivity contribution < 1.29 is 28.6 Å². The van der Waals surface area contributed by atoms with Crippen molar-refractivity contribution in [3.05, 3.63) is 48.0 Å². The van der Waals surface area contributed by atoms with Crippen molar-refractivity contribution in [1.29, 1.82) is 0 Å². The molecule has 3 atom stereocenters. The minimum atomic E-state index is -0.881. The SMILES string of the molecule is C=C(C(=O)OC)[C@H]1NC(=O)[C@@H]1C(C)OC(=O)OCc1ccccc1. The Morgan fingerprint density at radius 1 is 1.29 bits per heavy atom. The van der Waals surface area contributed by atoms with Crippen LogP contribution in [0.3, 0.4) is 0 Å². The van der Waals surface area contributed by atoms with Gasteiger partial charge >= 0.3 is 12.1 Å². The third-order valence-corrected chi connectivity index (χ3v) is 3.77. The molecule has 1 aromatic carbocycles. The molecular weight excluding hydrogens is 314 g/mol. The maximum absolute atomic E-state index is 11.8. The van der Waals surface area contributed by atoms with Crippen LogP contribution < -0.4 is 5.32 Å².